The molecule has 0 amide bonds. The first kappa shape index (κ1) is 16.2. The highest BCUT2D eigenvalue weighted by Crippen LogP contribution is 2.32. The molecule has 0 saturated heterocycles. The summed E-state index contributed by atoms with van der Waals surface area (Å²) in [6, 6.07) is 9.14. The van der Waals surface area contributed by atoms with Crippen molar-refractivity contribution < 1.29 is 10.2 Å². The Morgan fingerprint density at radius 2 is 1.86 bits per heavy atom. The molecule has 0 aliphatic carbocycles. The molecule has 2 atom stereocenters. The van der Waals surface area contributed by atoms with Gasteiger partial charge in [0.2, 0.25) is 0 Å². The van der Waals surface area contributed by atoms with Gasteiger partial charge in [-0.3, -0.25) is 4.68 Å². The SMILES string of the molecule is CN(C)CCn1ncc(Br)c1C(O)C(O)c1ccccc1. The van der Waals surface area contributed by atoms with Crippen molar-refractivity contribution in [1.29, 1.82) is 0 Å². The maximum Gasteiger partial charge on any atom is 0.127 e. The van der Waals surface area contributed by atoms with E-state index in [4.69, 9.17) is 0 Å². The van der Waals surface area contributed by atoms with Gasteiger partial charge in [0, 0.05) is 6.54 Å². The van der Waals surface area contributed by atoms with Gasteiger partial charge in [-0.1, -0.05) is 30.3 Å². The van der Waals surface area contributed by atoms with E-state index in [0.29, 0.717) is 22.3 Å². The highest BCUT2D eigenvalue weighted by molar-refractivity contribution is 9.10. The van der Waals surface area contributed by atoms with Crippen LogP contribution in [0.3, 0.4) is 0 Å². The summed E-state index contributed by atoms with van der Waals surface area (Å²) in [6.45, 7) is 1.45. The largest absolute Gasteiger partial charge is 0.385 e. The number of hydrogen-bond donors (Lipinski definition) is 2. The summed E-state index contributed by atoms with van der Waals surface area (Å²) in [5.41, 5.74) is 1.27. The molecule has 1 heterocycles. The molecule has 2 aromatic rings. The molecule has 1 aromatic carbocycles. The minimum atomic E-state index is -1.04. The Bertz CT molecular complexity index is 572. The smallest absolute Gasteiger partial charge is 0.127 e. The van der Waals surface area contributed by atoms with E-state index in [1.54, 1.807) is 23.0 Å². The van der Waals surface area contributed by atoms with E-state index in [-0.39, 0.29) is 0 Å². The predicted octanol–water partition coefficient (Wildman–Crippen LogP) is 1.97. The molecule has 0 saturated carbocycles. The van der Waals surface area contributed by atoms with Gasteiger partial charge in [0.15, 0.2) is 0 Å². The molecule has 2 N–H and O–H groups in total. The average molecular weight is 354 g/mol. The van der Waals surface area contributed by atoms with Crippen molar-refractivity contribution in [2.45, 2.75) is 18.8 Å². The Labute approximate surface area is 133 Å². The van der Waals surface area contributed by atoms with Crippen molar-refractivity contribution in [1.82, 2.24) is 14.7 Å². The van der Waals surface area contributed by atoms with Gasteiger partial charge < -0.3 is 15.1 Å². The first-order valence-corrected chi connectivity index (χ1v) is 7.57. The second-order valence-corrected chi connectivity index (χ2v) is 6.06. The van der Waals surface area contributed by atoms with Crippen LogP contribution in [-0.4, -0.2) is 45.5 Å². The van der Waals surface area contributed by atoms with Gasteiger partial charge in [-0.15, -0.1) is 0 Å². The minimum absolute atomic E-state index is 0.591. The van der Waals surface area contributed by atoms with Crippen molar-refractivity contribution in [2.75, 3.05) is 20.6 Å². The number of rotatable bonds is 6. The van der Waals surface area contributed by atoms with Crippen LogP contribution in [0.25, 0.3) is 0 Å². The van der Waals surface area contributed by atoms with Crippen molar-refractivity contribution in [3.8, 4) is 0 Å². The molecule has 2 unspecified atom stereocenters. The lowest BCUT2D eigenvalue weighted by Gasteiger charge is -2.21. The molecular weight excluding hydrogens is 334 g/mol. The second kappa shape index (κ2) is 7.17. The molecule has 0 radical (unpaired) electrons. The lowest BCUT2D eigenvalue weighted by molar-refractivity contribution is 0.0111. The molecular formula is C15H20BrN3O2. The van der Waals surface area contributed by atoms with Gasteiger partial charge in [-0.25, -0.2) is 0 Å². The van der Waals surface area contributed by atoms with E-state index in [1.807, 2.05) is 37.2 Å². The summed E-state index contributed by atoms with van der Waals surface area (Å²) in [7, 11) is 3.96. The molecule has 114 valence electrons. The molecule has 5 nitrogen and oxygen atoms in total. The lowest BCUT2D eigenvalue weighted by Crippen LogP contribution is -2.22. The maximum atomic E-state index is 10.5. The van der Waals surface area contributed by atoms with Crippen LogP contribution in [0.5, 0.6) is 0 Å². The fourth-order valence-corrected chi connectivity index (χ4v) is 2.65. The first-order chi connectivity index (χ1) is 10.0. The van der Waals surface area contributed by atoms with Gasteiger partial charge in [-0.05, 0) is 35.6 Å². The monoisotopic (exact) mass is 353 g/mol. The average Bonchev–Trinajstić information content (AvgIpc) is 2.85. The maximum absolute atomic E-state index is 10.5. The zero-order valence-electron chi connectivity index (χ0n) is 12.1. The summed E-state index contributed by atoms with van der Waals surface area (Å²) in [5.74, 6) is 0. The molecule has 0 aliphatic heterocycles. The molecule has 1 aromatic heterocycles. The number of aromatic nitrogens is 2. The van der Waals surface area contributed by atoms with Crippen LogP contribution in [0.4, 0.5) is 0 Å². The van der Waals surface area contributed by atoms with Gasteiger partial charge in [0.05, 0.1) is 22.9 Å². The number of benzene rings is 1. The number of halogens is 1. The van der Waals surface area contributed by atoms with E-state index >= 15 is 0 Å². The Hall–Kier alpha value is -1.21. The number of aliphatic hydroxyl groups excluding tert-OH is 2. The predicted molar refractivity (Wildman–Crippen MR) is 84.8 cm³/mol. The fraction of sp³-hybridized carbons (Fsp3) is 0.400. The third-order valence-electron chi connectivity index (χ3n) is 3.31. The number of likely N-dealkylation sites (N-methyl/N-ethyl adjacent to an activating group) is 1. The molecule has 21 heavy (non-hydrogen) atoms. The molecule has 2 rings (SSSR count). The number of aliphatic hydroxyl groups is 2. The van der Waals surface area contributed by atoms with Crippen molar-refractivity contribution >= 4 is 15.9 Å². The van der Waals surface area contributed by atoms with Gasteiger partial charge >= 0.3 is 0 Å². The summed E-state index contributed by atoms with van der Waals surface area (Å²) in [5, 5.41) is 25.1. The van der Waals surface area contributed by atoms with Crippen LogP contribution in [-0.2, 0) is 6.54 Å². The Morgan fingerprint density at radius 1 is 1.19 bits per heavy atom. The van der Waals surface area contributed by atoms with E-state index in [1.165, 1.54) is 0 Å². The van der Waals surface area contributed by atoms with Crippen molar-refractivity contribution in [3.05, 3.63) is 52.3 Å². The molecule has 0 bridgehead atoms. The number of hydrogen-bond acceptors (Lipinski definition) is 4. The minimum Gasteiger partial charge on any atom is -0.385 e. The Balaban J connectivity index is 2.22. The van der Waals surface area contributed by atoms with E-state index in [9.17, 15) is 10.2 Å². The standard InChI is InChI=1S/C15H20BrN3O2/c1-18(2)8-9-19-13(12(16)10-17-19)15(21)14(20)11-6-4-3-5-7-11/h3-7,10,14-15,20-21H,8-9H2,1-2H3. The van der Waals surface area contributed by atoms with Crippen LogP contribution in [0, 0.1) is 0 Å². The van der Waals surface area contributed by atoms with Crippen LogP contribution in [0.1, 0.15) is 23.5 Å². The van der Waals surface area contributed by atoms with Crippen molar-refractivity contribution in [3.63, 3.8) is 0 Å². The summed E-state index contributed by atoms with van der Waals surface area (Å²) in [4.78, 5) is 2.04. The molecule has 0 aliphatic rings. The second-order valence-electron chi connectivity index (χ2n) is 5.20. The lowest BCUT2D eigenvalue weighted by atomic mass is 10.0. The third-order valence-corrected chi connectivity index (χ3v) is 3.92. The molecule has 0 fully saturated rings. The normalized spacial score (nSPS) is 14.4. The van der Waals surface area contributed by atoms with Crippen molar-refractivity contribution in [2.24, 2.45) is 0 Å². The summed E-state index contributed by atoms with van der Waals surface area (Å²) < 4.78 is 2.42. The van der Waals surface area contributed by atoms with Crippen LogP contribution in [0.2, 0.25) is 0 Å². The van der Waals surface area contributed by atoms with Gasteiger partial charge in [0.1, 0.15) is 12.2 Å². The van der Waals surface area contributed by atoms with Crippen LogP contribution in [0.15, 0.2) is 41.0 Å². The van der Waals surface area contributed by atoms with E-state index < -0.39 is 12.2 Å². The van der Waals surface area contributed by atoms with E-state index in [0.717, 1.165) is 6.54 Å². The Morgan fingerprint density at radius 3 is 2.48 bits per heavy atom. The highest BCUT2D eigenvalue weighted by Gasteiger charge is 2.26. The zero-order valence-corrected chi connectivity index (χ0v) is 13.7. The van der Waals surface area contributed by atoms with Crippen LogP contribution >= 0.6 is 15.9 Å². The zero-order chi connectivity index (χ0) is 15.4. The third kappa shape index (κ3) is 3.91. The summed E-state index contributed by atoms with van der Waals surface area (Å²) in [6.07, 6.45) is -0.380. The highest BCUT2D eigenvalue weighted by atomic mass is 79.9. The molecule has 0 spiro atoms. The number of nitrogens with zero attached hydrogens (tertiary/aromatic N) is 3. The van der Waals surface area contributed by atoms with Gasteiger partial charge in [0.25, 0.3) is 0 Å². The van der Waals surface area contributed by atoms with E-state index in [2.05, 4.69) is 21.0 Å². The quantitative estimate of drug-likeness (QED) is 0.833. The fourth-order valence-electron chi connectivity index (χ4n) is 2.12. The summed E-state index contributed by atoms with van der Waals surface area (Å²) >= 11 is 3.40. The van der Waals surface area contributed by atoms with Gasteiger partial charge in [-0.2, -0.15) is 5.10 Å². The molecule has 6 heteroatoms. The van der Waals surface area contributed by atoms with Crippen LogP contribution < -0.4 is 0 Å². The topological polar surface area (TPSA) is 61.5 Å². The Kier molecular flexibility index (Phi) is 5.52. The first-order valence-electron chi connectivity index (χ1n) is 6.77.